The van der Waals surface area contributed by atoms with Crippen LogP contribution in [0.3, 0.4) is 0 Å². The van der Waals surface area contributed by atoms with Gasteiger partial charge in [0.05, 0.1) is 0 Å². The van der Waals surface area contributed by atoms with Crippen LogP contribution >= 0.6 is 0 Å². The number of amides is 2. The lowest BCUT2D eigenvalue weighted by molar-refractivity contribution is 0.0183. The number of nitrogens with one attached hydrogen (secondary N) is 2. The molecule has 0 spiro atoms. The van der Waals surface area contributed by atoms with Crippen LogP contribution in [0.25, 0.3) is 0 Å². The Labute approximate surface area is 226 Å². The second-order valence-electron chi connectivity index (χ2n) is 11.4. The second-order valence-corrected chi connectivity index (χ2v) is 11.4. The van der Waals surface area contributed by atoms with Crippen molar-refractivity contribution >= 4 is 17.7 Å². The largest absolute Gasteiger partial charge is 0.444 e. The van der Waals surface area contributed by atoms with Crippen molar-refractivity contribution in [1.82, 2.24) is 15.2 Å². The summed E-state index contributed by atoms with van der Waals surface area (Å²) >= 11 is 0. The third kappa shape index (κ3) is 6.97. The van der Waals surface area contributed by atoms with Crippen LogP contribution in [0.4, 0.5) is 10.5 Å². The van der Waals surface area contributed by atoms with Gasteiger partial charge in [0.2, 0.25) is 0 Å². The number of ether oxygens (including phenoxy) is 1. The Morgan fingerprint density at radius 1 is 1.08 bits per heavy atom. The first kappa shape index (κ1) is 29.3. The van der Waals surface area contributed by atoms with Gasteiger partial charge < -0.3 is 24.8 Å². The predicted molar refractivity (Wildman–Crippen MR) is 152 cm³/mol. The monoisotopic (exact) mass is 524 g/mol. The van der Waals surface area contributed by atoms with Gasteiger partial charge in [-0.3, -0.25) is 9.59 Å². The average Bonchev–Trinajstić information content (AvgIpc) is 2.83. The molecule has 208 valence electrons. The van der Waals surface area contributed by atoms with Crippen LogP contribution < -0.4 is 15.8 Å². The van der Waals surface area contributed by atoms with Gasteiger partial charge in [-0.1, -0.05) is 6.07 Å². The molecule has 3 rings (SSSR count). The first-order valence-corrected chi connectivity index (χ1v) is 13.6. The van der Waals surface area contributed by atoms with E-state index in [0.29, 0.717) is 17.2 Å². The lowest BCUT2D eigenvalue weighted by Crippen LogP contribution is -2.46. The third-order valence-electron chi connectivity index (χ3n) is 7.46. The van der Waals surface area contributed by atoms with E-state index in [0.717, 1.165) is 54.7 Å². The molecule has 2 N–H and O–H groups in total. The molecule has 0 unspecified atom stereocenters. The van der Waals surface area contributed by atoms with Gasteiger partial charge in [-0.2, -0.15) is 0 Å². The Morgan fingerprint density at radius 3 is 2.29 bits per heavy atom. The van der Waals surface area contributed by atoms with Crippen molar-refractivity contribution in [1.29, 1.82) is 0 Å². The number of H-pyrrole nitrogens is 1. The van der Waals surface area contributed by atoms with Crippen LogP contribution in [0.15, 0.2) is 29.1 Å². The predicted octanol–water partition coefficient (Wildman–Crippen LogP) is 5.23. The molecule has 1 aliphatic rings. The van der Waals surface area contributed by atoms with Crippen molar-refractivity contribution in [3.05, 3.63) is 62.6 Å². The molecule has 1 fully saturated rings. The summed E-state index contributed by atoms with van der Waals surface area (Å²) in [6.07, 6.45) is 3.44. The number of carbonyl (C=O) groups is 2. The van der Waals surface area contributed by atoms with Crippen molar-refractivity contribution in [3.8, 4) is 0 Å². The Balaban J connectivity index is 1.69. The molecule has 0 atom stereocenters. The molecular formula is C30H44N4O4. The highest BCUT2D eigenvalue weighted by Gasteiger charge is 2.32. The highest BCUT2D eigenvalue weighted by molar-refractivity contribution is 5.97. The molecule has 1 saturated carbocycles. The maximum atomic E-state index is 13.2. The Bertz CT molecular complexity index is 1210. The van der Waals surface area contributed by atoms with Crippen molar-refractivity contribution in [2.45, 2.75) is 98.4 Å². The summed E-state index contributed by atoms with van der Waals surface area (Å²) in [4.78, 5) is 45.0. The minimum Gasteiger partial charge on any atom is -0.444 e. The van der Waals surface area contributed by atoms with Crippen LogP contribution in [-0.4, -0.2) is 53.2 Å². The Hall–Kier alpha value is -3.29. The number of hydrogen-bond acceptors (Lipinski definition) is 5. The maximum absolute atomic E-state index is 13.2. The lowest BCUT2D eigenvalue weighted by Gasteiger charge is -2.41. The van der Waals surface area contributed by atoms with Crippen LogP contribution in [0.5, 0.6) is 0 Å². The second kappa shape index (κ2) is 12.0. The van der Waals surface area contributed by atoms with E-state index in [2.05, 4.69) is 28.2 Å². The van der Waals surface area contributed by atoms with Crippen molar-refractivity contribution in [2.75, 3.05) is 18.5 Å². The maximum Gasteiger partial charge on any atom is 0.410 e. The summed E-state index contributed by atoms with van der Waals surface area (Å²) in [6.45, 7) is 14.5. The van der Waals surface area contributed by atoms with E-state index < -0.39 is 5.60 Å². The highest BCUT2D eigenvalue weighted by Crippen LogP contribution is 2.32. The van der Waals surface area contributed by atoms with Crippen molar-refractivity contribution in [2.24, 2.45) is 0 Å². The first-order valence-electron chi connectivity index (χ1n) is 13.6. The molecule has 1 aromatic carbocycles. The Kier molecular flexibility index (Phi) is 9.28. The van der Waals surface area contributed by atoms with E-state index in [9.17, 15) is 14.4 Å². The number of aromatic nitrogens is 1. The van der Waals surface area contributed by atoms with Gasteiger partial charge in [-0.15, -0.1) is 0 Å². The fourth-order valence-corrected chi connectivity index (χ4v) is 5.41. The molecule has 2 aromatic rings. The normalized spacial score (nSPS) is 17.6. The lowest BCUT2D eigenvalue weighted by atomic mass is 9.88. The number of rotatable bonds is 7. The van der Waals surface area contributed by atoms with E-state index in [1.165, 1.54) is 0 Å². The average molecular weight is 525 g/mol. The van der Waals surface area contributed by atoms with Crippen LogP contribution in [0.1, 0.15) is 86.1 Å². The fourth-order valence-electron chi connectivity index (χ4n) is 5.41. The van der Waals surface area contributed by atoms with Crippen molar-refractivity contribution < 1.29 is 14.3 Å². The molecule has 2 amide bonds. The molecule has 8 nitrogen and oxygen atoms in total. The van der Waals surface area contributed by atoms with Gasteiger partial charge >= 0.3 is 6.09 Å². The fraction of sp³-hybridized carbons (Fsp3) is 0.567. The standard InChI is InChI=1S/C30H44N4O4/c1-9-34(23-15-13-22(14-16-23)33(8)29(37)38-30(5,6)7)26-12-10-11-24(21(26)4)27(35)31-18-25-19(2)17-20(3)32-28(25)36/h10-12,17,22-23H,9,13-16,18H2,1-8H3,(H,31,35)(H,32,36). The summed E-state index contributed by atoms with van der Waals surface area (Å²) in [7, 11) is 1.83. The van der Waals surface area contributed by atoms with Crippen LogP contribution in [0, 0.1) is 20.8 Å². The number of anilines is 1. The molecule has 0 saturated heterocycles. The number of aromatic amines is 1. The minimum absolute atomic E-state index is 0.159. The zero-order valence-corrected chi connectivity index (χ0v) is 24.2. The van der Waals surface area contributed by atoms with Crippen LogP contribution in [0.2, 0.25) is 0 Å². The topological polar surface area (TPSA) is 94.7 Å². The molecule has 0 aliphatic heterocycles. The molecule has 0 radical (unpaired) electrons. The van der Waals surface area contributed by atoms with E-state index in [1.807, 2.05) is 66.8 Å². The SMILES string of the molecule is CCN(c1cccc(C(=O)NCc2c(C)cc(C)[nH]c2=O)c1C)C1CCC(N(C)C(=O)OC(C)(C)C)CC1. The van der Waals surface area contributed by atoms with Crippen LogP contribution in [-0.2, 0) is 11.3 Å². The summed E-state index contributed by atoms with van der Waals surface area (Å²) < 4.78 is 5.55. The quantitative estimate of drug-likeness (QED) is 0.517. The molecule has 1 aliphatic carbocycles. The van der Waals surface area contributed by atoms with Crippen molar-refractivity contribution in [3.63, 3.8) is 0 Å². The number of nitrogens with zero attached hydrogens (tertiary/aromatic N) is 2. The molecule has 1 heterocycles. The summed E-state index contributed by atoms with van der Waals surface area (Å²) in [6, 6.07) is 8.23. The summed E-state index contributed by atoms with van der Waals surface area (Å²) in [5, 5.41) is 2.94. The van der Waals surface area contributed by atoms with Gasteiger partial charge in [0, 0.05) is 54.7 Å². The zero-order valence-electron chi connectivity index (χ0n) is 24.2. The number of carbonyl (C=O) groups excluding carboxylic acids is 2. The highest BCUT2D eigenvalue weighted by atomic mass is 16.6. The molecule has 1 aromatic heterocycles. The molecular weight excluding hydrogens is 480 g/mol. The van der Waals surface area contributed by atoms with E-state index in [-0.39, 0.29) is 30.1 Å². The number of pyridine rings is 1. The number of benzene rings is 1. The summed E-state index contributed by atoms with van der Waals surface area (Å²) in [5.74, 6) is -0.192. The van der Waals surface area contributed by atoms with E-state index in [4.69, 9.17) is 4.74 Å². The number of hydrogen-bond donors (Lipinski definition) is 2. The Morgan fingerprint density at radius 2 is 1.71 bits per heavy atom. The van der Waals surface area contributed by atoms with Gasteiger partial charge in [-0.25, -0.2) is 4.79 Å². The minimum atomic E-state index is -0.509. The van der Waals surface area contributed by atoms with Gasteiger partial charge in [0.1, 0.15) is 5.60 Å². The first-order chi connectivity index (χ1) is 17.8. The number of aryl methyl sites for hydroxylation is 2. The molecule has 38 heavy (non-hydrogen) atoms. The van der Waals surface area contributed by atoms with E-state index in [1.54, 1.807) is 4.90 Å². The third-order valence-corrected chi connectivity index (χ3v) is 7.46. The van der Waals surface area contributed by atoms with Gasteiger partial charge in [0.25, 0.3) is 11.5 Å². The molecule has 8 heteroatoms. The smallest absolute Gasteiger partial charge is 0.410 e. The summed E-state index contributed by atoms with van der Waals surface area (Å²) in [5.41, 5.74) is 4.14. The van der Waals surface area contributed by atoms with E-state index >= 15 is 0 Å². The van der Waals surface area contributed by atoms with Gasteiger partial charge in [0.15, 0.2) is 0 Å². The van der Waals surface area contributed by atoms with Gasteiger partial charge in [-0.05, 0) is 103 Å². The molecule has 0 bridgehead atoms. The zero-order chi connectivity index (χ0) is 28.2.